The van der Waals surface area contributed by atoms with E-state index in [9.17, 15) is 5.11 Å². The molecule has 0 saturated heterocycles. The molecule has 2 N–H and O–H groups in total. The van der Waals surface area contributed by atoms with E-state index in [4.69, 9.17) is 10.00 Å². The van der Waals surface area contributed by atoms with Crippen LogP contribution in [0.15, 0.2) is 24.3 Å². The highest BCUT2D eigenvalue weighted by molar-refractivity contribution is 5.32. The molecule has 4 heteroatoms. The fourth-order valence-corrected chi connectivity index (χ4v) is 2.36. The van der Waals surface area contributed by atoms with Gasteiger partial charge in [-0.2, -0.15) is 5.26 Å². The molecule has 0 amide bonds. The van der Waals surface area contributed by atoms with Gasteiger partial charge in [-0.1, -0.05) is 12.1 Å². The molecule has 0 spiro atoms. The van der Waals surface area contributed by atoms with Gasteiger partial charge < -0.3 is 15.2 Å². The molecule has 0 aliphatic heterocycles. The summed E-state index contributed by atoms with van der Waals surface area (Å²) >= 11 is 0. The Kier molecular flexibility index (Phi) is 4.54. The molecule has 1 aliphatic carbocycles. The van der Waals surface area contributed by atoms with Crippen LogP contribution in [0.1, 0.15) is 36.5 Å². The number of hydrogen-bond acceptors (Lipinski definition) is 4. The van der Waals surface area contributed by atoms with Crippen molar-refractivity contribution in [2.45, 2.75) is 31.0 Å². The van der Waals surface area contributed by atoms with Crippen molar-refractivity contribution < 1.29 is 9.84 Å². The molecule has 0 aromatic heterocycles. The number of hydrogen-bond donors (Lipinski definition) is 2. The molecular formula is C15H20N2O2. The normalized spacial score (nSPS) is 18.4. The van der Waals surface area contributed by atoms with Gasteiger partial charge in [0.1, 0.15) is 0 Å². The summed E-state index contributed by atoms with van der Waals surface area (Å²) in [4.78, 5) is 0. The van der Waals surface area contributed by atoms with Crippen LogP contribution in [0.25, 0.3) is 0 Å². The number of aliphatic hydroxyl groups excluding tert-OH is 1. The molecule has 0 bridgehead atoms. The van der Waals surface area contributed by atoms with E-state index in [1.54, 1.807) is 31.4 Å². The van der Waals surface area contributed by atoms with Crippen molar-refractivity contribution >= 4 is 0 Å². The predicted octanol–water partition coefficient (Wildman–Crippen LogP) is 1.75. The van der Waals surface area contributed by atoms with Crippen molar-refractivity contribution in [3.05, 3.63) is 35.4 Å². The number of rotatable bonds is 6. The van der Waals surface area contributed by atoms with Gasteiger partial charge in [-0.3, -0.25) is 0 Å². The van der Waals surface area contributed by atoms with Crippen LogP contribution in [0.3, 0.4) is 0 Å². The van der Waals surface area contributed by atoms with Crippen LogP contribution in [0.2, 0.25) is 0 Å². The lowest BCUT2D eigenvalue weighted by Gasteiger charge is -2.40. The van der Waals surface area contributed by atoms with Gasteiger partial charge >= 0.3 is 0 Å². The van der Waals surface area contributed by atoms with E-state index in [1.807, 2.05) is 0 Å². The summed E-state index contributed by atoms with van der Waals surface area (Å²) in [5.74, 6) is 0. The zero-order valence-electron chi connectivity index (χ0n) is 11.2. The number of aliphatic hydroxyl groups is 1. The fourth-order valence-electron chi connectivity index (χ4n) is 2.36. The van der Waals surface area contributed by atoms with Gasteiger partial charge in [0, 0.05) is 20.2 Å². The maximum atomic E-state index is 10.1. The molecular weight excluding hydrogens is 240 g/mol. The lowest BCUT2D eigenvalue weighted by molar-refractivity contribution is -0.0703. The Labute approximate surface area is 114 Å². The molecule has 1 aromatic carbocycles. The van der Waals surface area contributed by atoms with Gasteiger partial charge in [0.05, 0.1) is 23.3 Å². The molecule has 0 heterocycles. The largest absolute Gasteiger partial charge is 0.387 e. The van der Waals surface area contributed by atoms with E-state index < -0.39 is 6.10 Å². The zero-order chi connectivity index (χ0) is 13.7. The number of nitrogens with zero attached hydrogens (tertiary/aromatic N) is 1. The predicted molar refractivity (Wildman–Crippen MR) is 72.6 cm³/mol. The van der Waals surface area contributed by atoms with Gasteiger partial charge in [-0.15, -0.1) is 0 Å². The molecule has 1 unspecified atom stereocenters. The molecule has 2 rings (SSSR count). The molecule has 1 saturated carbocycles. The topological polar surface area (TPSA) is 65.3 Å². The van der Waals surface area contributed by atoms with Gasteiger partial charge in [0.2, 0.25) is 0 Å². The quantitative estimate of drug-likeness (QED) is 0.818. The van der Waals surface area contributed by atoms with Gasteiger partial charge in [-0.25, -0.2) is 0 Å². The van der Waals surface area contributed by atoms with Crippen LogP contribution in [0.5, 0.6) is 0 Å². The molecule has 19 heavy (non-hydrogen) atoms. The van der Waals surface area contributed by atoms with Crippen LogP contribution in [0, 0.1) is 11.3 Å². The second kappa shape index (κ2) is 6.16. The van der Waals surface area contributed by atoms with Gasteiger partial charge in [-0.05, 0) is 37.0 Å². The lowest BCUT2D eigenvalue weighted by Crippen LogP contribution is -2.48. The first-order valence-corrected chi connectivity index (χ1v) is 6.63. The smallest absolute Gasteiger partial charge is 0.0991 e. The summed E-state index contributed by atoms with van der Waals surface area (Å²) in [6.07, 6.45) is 2.84. The SMILES string of the molecule is COC1(CNCC(O)c2ccc(C#N)cc2)CCC1. The van der Waals surface area contributed by atoms with Gasteiger partial charge in [0.15, 0.2) is 0 Å². The minimum atomic E-state index is -0.554. The van der Waals surface area contributed by atoms with Crippen molar-refractivity contribution in [3.63, 3.8) is 0 Å². The number of methoxy groups -OCH3 is 1. The highest BCUT2D eigenvalue weighted by Gasteiger charge is 2.36. The van der Waals surface area contributed by atoms with E-state index in [1.165, 1.54) is 6.42 Å². The van der Waals surface area contributed by atoms with E-state index >= 15 is 0 Å². The number of nitriles is 1. The van der Waals surface area contributed by atoms with Crippen LogP contribution in [-0.4, -0.2) is 30.9 Å². The Morgan fingerprint density at radius 2 is 2.11 bits per heavy atom. The first-order valence-electron chi connectivity index (χ1n) is 6.63. The van der Waals surface area contributed by atoms with Crippen LogP contribution in [0.4, 0.5) is 0 Å². The minimum Gasteiger partial charge on any atom is -0.387 e. The zero-order valence-corrected chi connectivity index (χ0v) is 11.2. The standard InChI is InChI=1S/C15H20N2O2/c1-19-15(7-2-8-15)11-17-10-14(18)13-5-3-12(9-16)4-6-13/h3-6,14,17-18H,2,7-8,10-11H2,1H3. The van der Waals surface area contributed by atoms with Crippen LogP contribution >= 0.6 is 0 Å². The lowest BCUT2D eigenvalue weighted by atomic mass is 9.80. The summed E-state index contributed by atoms with van der Waals surface area (Å²) in [7, 11) is 1.75. The van der Waals surface area contributed by atoms with E-state index in [0.29, 0.717) is 12.1 Å². The first-order chi connectivity index (χ1) is 9.19. The maximum absolute atomic E-state index is 10.1. The van der Waals surface area contributed by atoms with Crippen LogP contribution in [-0.2, 0) is 4.74 Å². The summed E-state index contributed by atoms with van der Waals surface area (Å²) in [6, 6.07) is 9.10. The van der Waals surface area contributed by atoms with Crippen molar-refractivity contribution in [2.24, 2.45) is 0 Å². The molecule has 102 valence electrons. The van der Waals surface area contributed by atoms with Crippen molar-refractivity contribution in [2.75, 3.05) is 20.2 Å². The average molecular weight is 260 g/mol. The van der Waals surface area contributed by atoms with Crippen molar-refractivity contribution in [3.8, 4) is 6.07 Å². The number of benzene rings is 1. The Bertz CT molecular complexity index is 441. The highest BCUT2D eigenvalue weighted by Crippen LogP contribution is 2.34. The summed E-state index contributed by atoms with van der Waals surface area (Å²) in [5, 5.41) is 22.0. The summed E-state index contributed by atoms with van der Waals surface area (Å²) in [6.45, 7) is 1.27. The second-order valence-corrected chi connectivity index (χ2v) is 5.12. The Hall–Kier alpha value is -1.41. The molecule has 0 radical (unpaired) electrons. The van der Waals surface area contributed by atoms with Crippen molar-refractivity contribution in [1.82, 2.24) is 5.32 Å². The van der Waals surface area contributed by atoms with E-state index in [-0.39, 0.29) is 5.60 Å². The Balaban J connectivity index is 1.80. The molecule has 1 atom stereocenters. The summed E-state index contributed by atoms with van der Waals surface area (Å²) < 4.78 is 5.51. The molecule has 1 fully saturated rings. The molecule has 1 aliphatic rings. The Morgan fingerprint density at radius 3 is 2.58 bits per heavy atom. The molecule has 4 nitrogen and oxygen atoms in total. The van der Waals surface area contributed by atoms with E-state index in [0.717, 1.165) is 24.9 Å². The van der Waals surface area contributed by atoms with Crippen LogP contribution < -0.4 is 5.32 Å². The first kappa shape index (κ1) is 14.0. The average Bonchev–Trinajstić information content (AvgIpc) is 2.41. The maximum Gasteiger partial charge on any atom is 0.0991 e. The van der Waals surface area contributed by atoms with Gasteiger partial charge in [0.25, 0.3) is 0 Å². The van der Waals surface area contributed by atoms with Crippen molar-refractivity contribution in [1.29, 1.82) is 5.26 Å². The van der Waals surface area contributed by atoms with E-state index in [2.05, 4.69) is 11.4 Å². The second-order valence-electron chi connectivity index (χ2n) is 5.12. The third-order valence-electron chi connectivity index (χ3n) is 3.91. The fraction of sp³-hybridized carbons (Fsp3) is 0.533. The third-order valence-corrected chi connectivity index (χ3v) is 3.91. The minimum absolute atomic E-state index is 0.0234. The Morgan fingerprint density at radius 1 is 1.42 bits per heavy atom. The summed E-state index contributed by atoms with van der Waals surface area (Å²) in [5.41, 5.74) is 1.41. The number of nitrogens with one attached hydrogen (secondary N) is 1. The highest BCUT2D eigenvalue weighted by atomic mass is 16.5. The monoisotopic (exact) mass is 260 g/mol. The third kappa shape index (κ3) is 3.32. The number of ether oxygens (including phenoxy) is 1. The molecule has 1 aromatic rings.